The fourth-order valence-electron chi connectivity index (χ4n) is 3.42. The fourth-order valence-corrected chi connectivity index (χ4v) is 3.42. The number of nitrogens with one attached hydrogen (secondary N) is 1. The zero-order valence-electron chi connectivity index (χ0n) is 15.1. The molecule has 0 aromatic rings. The average molecular weight is 322 g/mol. The Balaban J connectivity index is 2.05. The van der Waals surface area contributed by atoms with Gasteiger partial charge in [0.2, 0.25) is 11.8 Å². The first-order valence-electron chi connectivity index (χ1n) is 9.43. The number of rotatable bonds is 10. The topological polar surface area (TPSA) is 72.2 Å². The summed E-state index contributed by atoms with van der Waals surface area (Å²) in [6.07, 6.45) is 9.69. The van der Waals surface area contributed by atoms with Gasteiger partial charge < -0.3 is 11.1 Å². The summed E-state index contributed by atoms with van der Waals surface area (Å²) >= 11 is 0. The highest BCUT2D eigenvalue weighted by atomic mass is 16.2. The Morgan fingerprint density at radius 3 is 2.22 bits per heavy atom. The molecule has 0 aromatic carbocycles. The van der Waals surface area contributed by atoms with Crippen LogP contribution in [0.25, 0.3) is 0 Å². The number of nitrogens with two attached hydrogens (primary N) is 1. The maximum Gasteiger partial charge on any atom is 0.224 e. The van der Waals surface area contributed by atoms with Crippen molar-refractivity contribution in [3.05, 3.63) is 0 Å². The molecule has 2 aliphatic rings. The first-order chi connectivity index (χ1) is 10.8. The van der Waals surface area contributed by atoms with Gasteiger partial charge in [0, 0.05) is 17.4 Å². The third-order valence-electron chi connectivity index (χ3n) is 5.93. The smallest absolute Gasteiger partial charge is 0.224 e. The van der Waals surface area contributed by atoms with E-state index in [4.69, 9.17) is 5.73 Å². The predicted octanol–water partition coefficient (Wildman–Crippen LogP) is 3.39. The Labute approximate surface area is 141 Å². The largest absolute Gasteiger partial charge is 0.369 e. The van der Waals surface area contributed by atoms with Crippen molar-refractivity contribution in [2.24, 2.45) is 29.4 Å². The molecule has 2 amide bonds. The predicted molar refractivity (Wildman–Crippen MR) is 92.6 cm³/mol. The summed E-state index contributed by atoms with van der Waals surface area (Å²) in [5, 5.41) is 3.15. The van der Waals surface area contributed by atoms with Crippen molar-refractivity contribution in [1.29, 1.82) is 0 Å². The van der Waals surface area contributed by atoms with E-state index in [1.54, 1.807) is 0 Å². The van der Waals surface area contributed by atoms with Gasteiger partial charge in [-0.2, -0.15) is 0 Å². The number of amides is 2. The summed E-state index contributed by atoms with van der Waals surface area (Å²) in [5.74, 6) is 0.545. The second-order valence-electron chi connectivity index (χ2n) is 8.40. The molecule has 2 atom stereocenters. The van der Waals surface area contributed by atoms with Gasteiger partial charge in [0.05, 0.1) is 0 Å². The minimum absolute atomic E-state index is 0.0309. The van der Waals surface area contributed by atoms with E-state index in [2.05, 4.69) is 12.2 Å². The Kier molecular flexibility index (Phi) is 6.10. The molecule has 1 unspecified atom stereocenters. The van der Waals surface area contributed by atoms with Gasteiger partial charge in [-0.15, -0.1) is 0 Å². The molecule has 3 N–H and O–H groups in total. The molecule has 4 nitrogen and oxygen atoms in total. The van der Waals surface area contributed by atoms with Crippen LogP contribution in [-0.2, 0) is 9.59 Å². The van der Waals surface area contributed by atoms with Crippen LogP contribution in [0, 0.1) is 23.7 Å². The highest BCUT2D eigenvalue weighted by Crippen LogP contribution is 2.39. The lowest BCUT2D eigenvalue weighted by Crippen LogP contribution is -2.49. The van der Waals surface area contributed by atoms with E-state index in [9.17, 15) is 9.59 Å². The first kappa shape index (κ1) is 18.3. The van der Waals surface area contributed by atoms with Gasteiger partial charge in [0.25, 0.3) is 0 Å². The minimum atomic E-state index is -0.302. The molecule has 0 bridgehead atoms. The normalized spacial score (nSPS) is 21.3. The van der Waals surface area contributed by atoms with Gasteiger partial charge in [-0.05, 0) is 51.4 Å². The Morgan fingerprint density at radius 1 is 1.13 bits per heavy atom. The molecule has 132 valence electrons. The van der Waals surface area contributed by atoms with Gasteiger partial charge in [0.15, 0.2) is 0 Å². The van der Waals surface area contributed by atoms with Crippen LogP contribution in [-0.4, -0.2) is 17.4 Å². The summed E-state index contributed by atoms with van der Waals surface area (Å²) in [6, 6.07) is 0. The molecular weight excluding hydrogens is 288 g/mol. The zero-order valence-corrected chi connectivity index (χ0v) is 15.1. The van der Waals surface area contributed by atoms with Crippen LogP contribution in [0.4, 0.5) is 0 Å². The molecule has 0 aromatic heterocycles. The van der Waals surface area contributed by atoms with E-state index in [0.29, 0.717) is 5.92 Å². The summed E-state index contributed by atoms with van der Waals surface area (Å²) in [4.78, 5) is 24.9. The maximum atomic E-state index is 12.9. The van der Waals surface area contributed by atoms with Gasteiger partial charge in [0.1, 0.15) is 0 Å². The van der Waals surface area contributed by atoms with Crippen molar-refractivity contribution in [3.63, 3.8) is 0 Å². The van der Waals surface area contributed by atoms with Gasteiger partial charge in [-0.25, -0.2) is 0 Å². The lowest BCUT2D eigenvalue weighted by Gasteiger charge is -2.34. The van der Waals surface area contributed by atoms with Crippen molar-refractivity contribution >= 4 is 11.8 Å². The SMILES string of the molecule is CCC(C)(C)NC(=O)C(CC1CCC1)[C@H](CCC1CC1)C(N)=O. The third-order valence-corrected chi connectivity index (χ3v) is 5.93. The molecule has 0 heterocycles. The van der Waals surface area contributed by atoms with Crippen LogP contribution in [0.2, 0.25) is 0 Å². The van der Waals surface area contributed by atoms with Crippen LogP contribution in [0.15, 0.2) is 0 Å². The molecule has 0 saturated heterocycles. The quantitative estimate of drug-likeness (QED) is 0.647. The lowest BCUT2D eigenvalue weighted by molar-refractivity contribution is -0.135. The van der Waals surface area contributed by atoms with Crippen LogP contribution in [0.3, 0.4) is 0 Å². The van der Waals surface area contributed by atoms with Crippen LogP contribution >= 0.6 is 0 Å². The molecule has 2 fully saturated rings. The first-order valence-corrected chi connectivity index (χ1v) is 9.43. The zero-order chi connectivity index (χ0) is 17.0. The lowest BCUT2D eigenvalue weighted by atomic mass is 9.73. The molecule has 2 saturated carbocycles. The summed E-state index contributed by atoms with van der Waals surface area (Å²) in [6.45, 7) is 6.14. The molecule has 4 heteroatoms. The summed E-state index contributed by atoms with van der Waals surface area (Å²) in [5.41, 5.74) is 5.47. The Bertz CT molecular complexity index is 425. The molecular formula is C19H34N2O2. The van der Waals surface area contributed by atoms with Crippen LogP contribution in [0.1, 0.15) is 78.6 Å². The minimum Gasteiger partial charge on any atom is -0.369 e. The molecule has 0 spiro atoms. The van der Waals surface area contributed by atoms with Crippen molar-refractivity contribution < 1.29 is 9.59 Å². The fraction of sp³-hybridized carbons (Fsp3) is 0.895. The number of hydrogen-bond acceptors (Lipinski definition) is 2. The van der Waals surface area contributed by atoms with E-state index >= 15 is 0 Å². The average Bonchev–Trinajstić information content (AvgIpc) is 3.23. The Morgan fingerprint density at radius 2 is 1.78 bits per heavy atom. The van der Waals surface area contributed by atoms with E-state index in [0.717, 1.165) is 31.6 Å². The monoisotopic (exact) mass is 322 g/mol. The number of hydrogen-bond donors (Lipinski definition) is 2. The molecule has 0 radical (unpaired) electrons. The summed E-state index contributed by atoms with van der Waals surface area (Å²) in [7, 11) is 0. The van der Waals surface area contributed by atoms with Gasteiger partial charge in [-0.1, -0.05) is 39.0 Å². The molecule has 23 heavy (non-hydrogen) atoms. The number of carbonyl (C=O) groups excluding carboxylic acids is 2. The highest BCUT2D eigenvalue weighted by Gasteiger charge is 2.38. The molecule has 0 aliphatic heterocycles. The van der Waals surface area contributed by atoms with Gasteiger partial charge >= 0.3 is 0 Å². The van der Waals surface area contributed by atoms with Crippen molar-refractivity contribution in [2.45, 2.75) is 84.1 Å². The van der Waals surface area contributed by atoms with Crippen molar-refractivity contribution in [2.75, 3.05) is 0 Å². The van der Waals surface area contributed by atoms with Crippen LogP contribution < -0.4 is 11.1 Å². The second kappa shape index (κ2) is 7.67. The van der Waals surface area contributed by atoms with Crippen molar-refractivity contribution in [1.82, 2.24) is 5.32 Å². The number of carbonyl (C=O) groups is 2. The highest BCUT2D eigenvalue weighted by molar-refractivity contribution is 5.87. The van der Waals surface area contributed by atoms with E-state index in [1.165, 1.54) is 32.1 Å². The number of primary amides is 1. The van der Waals surface area contributed by atoms with Crippen molar-refractivity contribution in [3.8, 4) is 0 Å². The Hall–Kier alpha value is -1.06. The third kappa shape index (κ3) is 5.50. The summed E-state index contributed by atoms with van der Waals surface area (Å²) < 4.78 is 0. The van der Waals surface area contributed by atoms with Gasteiger partial charge in [-0.3, -0.25) is 9.59 Å². The van der Waals surface area contributed by atoms with E-state index in [1.807, 2.05) is 13.8 Å². The van der Waals surface area contributed by atoms with E-state index in [-0.39, 0.29) is 29.2 Å². The van der Waals surface area contributed by atoms with E-state index < -0.39 is 0 Å². The standard InChI is InChI=1S/C19H34N2O2/c1-4-19(2,3)21-18(23)16(12-14-6-5-7-14)15(17(20)22)11-10-13-8-9-13/h13-16H,4-12H2,1-3H3,(H2,20,22)(H,21,23)/t15-,16?/m0/s1. The molecule has 2 aliphatic carbocycles. The maximum absolute atomic E-state index is 12.9. The van der Waals surface area contributed by atoms with Crippen LogP contribution in [0.5, 0.6) is 0 Å². The molecule has 2 rings (SSSR count). The second-order valence-corrected chi connectivity index (χ2v) is 8.40.